The van der Waals surface area contributed by atoms with Crippen molar-refractivity contribution < 1.29 is 4.79 Å². The zero-order chi connectivity index (χ0) is 17.2. The van der Waals surface area contributed by atoms with Crippen molar-refractivity contribution in [2.45, 2.75) is 26.2 Å². The van der Waals surface area contributed by atoms with Gasteiger partial charge in [-0.1, -0.05) is 12.1 Å². The summed E-state index contributed by atoms with van der Waals surface area (Å²) >= 11 is 0. The molecule has 0 bridgehead atoms. The van der Waals surface area contributed by atoms with Crippen molar-refractivity contribution in [1.29, 1.82) is 0 Å². The number of rotatable bonds is 3. The number of amides is 1. The molecule has 4 rings (SSSR count). The van der Waals surface area contributed by atoms with E-state index in [9.17, 15) is 4.79 Å². The molecule has 3 aromatic rings. The lowest BCUT2D eigenvalue weighted by atomic mass is 9.92. The number of imidazole rings is 1. The summed E-state index contributed by atoms with van der Waals surface area (Å²) in [7, 11) is 0. The van der Waals surface area contributed by atoms with Gasteiger partial charge in [-0.25, -0.2) is 4.98 Å². The van der Waals surface area contributed by atoms with Crippen LogP contribution in [0.3, 0.4) is 0 Å². The van der Waals surface area contributed by atoms with Gasteiger partial charge in [0.2, 0.25) is 0 Å². The normalized spacial score (nSPS) is 17.8. The molecule has 5 heteroatoms. The predicted molar refractivity (Wildman–Crippen MR) is 96.5 cm³/mol. The molecule has 1 saturated heterocycles. The summed E-state index contributed by atoms with van der Waals surface area (Å²) in [4.78, 5) is 23.5. The third-order valence-corrected chi connectivity index (χ3v) is 4.87. The number of nitrogens with zero attached hydrogens (tertiary/aromatic N) is 4. The maximum Gasteiger partial charge on any atom is 0.274 e. The van der Waals surface area contributed by atoms with Gasteiger partial charge in [-0.05, 0) is 55.4 Å². The van der Waals surface area contributed by atoms with Crippen molar-refractivity contribution in [3.8, 4) is 0 Å². The molecule has 128 valence electrons. The molecule has 25 heavy (non-hydrogen) atoms. The monoisotopic (exact) mass is 334 g/mol. The van der Waals surface area contributed by atoms with Gasteiger partial charge < -0.3 is 9.30 Å². The smallest absolute Gasteiger partial charge is 0.274 e. The van der Waals surface area contributed by atoms with Crippen LogP contribution < -0.4 is 0 Å². The summed E-state index contributed by atoms with van der Waals surface area (Å²) in [5, 5.41) is 0. The van der Waals surface area contributed by atoms with Crippen LogP contribution in [0.4, 0.5) is 0 Å². The van der Waals surface area contributed by atoms with E-state index >= 15 is 0 Å². The minimum absolute atomic E-state index is 0.0391. The molecular weight excluding hydrogens is 312 g/mol. The van der Waals surface area contributed by atoms with Crippen LogP contribution in [0.15, 0.2) is 49.1 Å². The van der Waals surface area contributed by atoms with Crippen LogP contribution in [-0.2, 0) is 6.42 Å². The second-order valence-corrected chi connectivity index (χ2v) is 6.92. The lowest BCUT2D eigenvalue weighted by Gasteiger charge is -2.32. The van der Waals surface area contributed by atoms with E-state index in [1.807, 2.05) is 53.0 Å². The fraction of sp³-hybridized carbons (Fsp3) is 0.350. The van der Waals surface area contributed by atoms with Gasteiger partial charge in [0.25, 0.3) is 5.91 Å². The van der Waals surface area contributed by atoms with E-state index in [2.05, 4.69) is 16.0 Å². The Morgan fingerprint density at radius 2 is 2.20 bits per heavy atom. The molecule has 1 aliphatic heterocycles. The van der Waals surface area contributed by atoms with Gasteiger partial charge in [0.15, 0.2) is 0 Å². The SMILES string of the molecule is Cc1ccc2nc(C(=O)N3CCC[C@H](Cc4cccnc4)C3)cn2c1. The molecular formula is C20H22N4O. The molecule has 3 aromatic heterocycles. The fourth-order valence-electron chi connectivity index (χ4n) is 3.64. The topological polar surface area (TPSA) is 50.5 Å². The Hall–Kier alpha value is -2.69. The molecule has 1 atom stereocenters. The van der Waals surface area contributed by atoms with Gasteiger partial charge in [0, 0.05) is 37.9 Å². The van der Waals surface area contributed by atoms with Gasteiger partial charge in [-0.3, -0.25) is 9.78 Å². The first kappa shape index (κ1) is 15.8. The van der Waals surface area contributed by atoms with Crippen LogP contribution >= 0.6 is 0 Å². The molecule has 0 unspecified atom stereocenters. The lowest BCUT2D eigenvalue weighted by Crippen LogP contribution is -2.40. The van der Waals surface area contributed by atoms with Crippen molar-refractivity contribution in [2.24, 2.45) is 5.92 Å². The molecule has 4 heterocycles. The second-order valence-electron chi connectivity index (χ2n) is 6.92. The second kappa shape index (κ2) is 6.67. The highest BCUT2D eigenvalue weighted by Gasteiger charge is 2.26. The fourth-order valence-corrected chi connectivity index (χ4v) is 3.64. The summed E-state index contributed by atoms with van der Waals surface area (Å²) in [6.07, 6.45) is 10.7. The van der Waals surface area contributed by atoms with Crippen molar-refractivity contribution in [2.75, 3.05) is 13.1 Å². The molecule has 0 radical (unpaired) electrons. The first-order chi connectivity index (χ1) is 12.2. The summed E-state index contributed by atoms with van der Waals surface area (Å²) in [6, 6.07) is 8.05. The summed E-state index contributed by atoms with van der Waals surface area (Å²) < 4.78 is 1.93. The van der Waals surface area contributed by atoms with E-state index < -0.39 is 0 Å². The summed E-state index contributed by atoms with van der Waals surface area (Å²) in [5.74, 6) is 0.526. The number of aryl methyl sites for hydroxylation is 1. The average molecular weight is 334 g/mol. The van der Waals surface area contributed by atoms with Crippen LogP contribution in [0.5, 0.6) is 0 Å². The van der Waals surface area contributed by atoms with Gasteiger partial charge >= 0.3 is 0 Å². The Kier molecular flexibility index (Phi) is 4.22. The zero-order valence-corrected chi connectivity index (χ0v) is 14.4. The molecule has 0 aromatic carbocycles. The molecule has 5 nitrogen and oxygen atoms in total. The third kappa shape index (κ3) is 3.40. The van der Waals surface area contributed by atoms with Crippen molar-refractivity contribution >= 4 is 11.6 Å². The predicted octanol–water partition coefficient (Wildman–Crippen LogP) is 3.13. The van der Waals surface area contributed by atoms with E-state index in [1.54, 1.807) is 6.20 Å². The molecule has 0 saturated carbocycles. The maximum absolute atomic E-state index is 12.9. The first-order valence-corrected chi connectivity index (χ1v) is 8.82. The van der Waals surface area contributed by atoms with Crippen molar-refractivity contribution in [3.63, 3.8) is 0 Å². The van der Waals surface area contributed by atoms with E-state index in [1.165, 1.54) is 5.56 Å². The Morgan fingerprint density at radius 1 is 1.28 bits per heavy atom. The van der Waals surface area contributed by atoms with Gasteiger partial charge in [-0.15, -0.1) is 0 Å². The summed E-state index contributed by atoms with van der Waals surface area (Å²) in [5.41, 5.74) is 3.74. The number of piperidine rings is 1. The van der Waals surface area contributed by atoms with Crippen LogP contribution in [-0.4, -0.2) is 38.3 Å². The number of aromatic nitrogens is 3. The molecule has 1 amide bonds. The molecule has 0 spiro atoms. The van der Waals surface area contributed by atoms with Gasteiger partial charge in [0.05, 0.1) is 0 Å². The van der Waals surface area contributed by atoms with E-state index in [0.717, 1.165) is 43.6 Å². The van der Waals surface area contributed by atoms with Crippen LogP contribution in [0.25, 0.3) is 5.65 Å². The van der Waals surface area contributed by atoms with Crippen LogP contribution in [0, 0.1) is 12.8 Å². The van der Waals surface area contributed by atoms with Crippen LogP contribution in [0.1, 0.15) is 34.5 Å². The number of likely N-dealkylation sites (tertiary alicyclic amines) is 1. The number of hydrogen-bond donors (Lipinski definition) is 0. The number of carbonyl (C=O) groups is 1. The van der Waals surface area contributed by atoms with Gasteiger partial charge in [-0.2, -0.15) is 0 Å². The van der Waals surface area contributed by atoms with Gasteiger partial charge in [0.1, 0.15) is 11.3 Å². The average Bonchev–Trinajstić information content (AvgIpc) is 3.05. The minimum atomic E-state index is 0.0391. The molecule has 1 fully saturated rings. The first-order valence-electron chi connectivity index (χ1n) is 8.82. The Balaban J connectivity index is 1.49. The van der Waals surface area contributed by atoms with E-state index in [0.29, 0.717) is 11.6 Å². The van der Waals surface area contributed by atoms with Crippen molar-refractivity contribution in [3.05, 3.63) is 65.9 Å². The van der Waals surface area contributed by atoms with E-state index in [-0.39, 0.29) is 5.91 Å². The highest BCUT2D eigenvalue weighted by atomic mass is 16.2. The third-order valence-electron chi connectivity index (χ3n) is 4.87. The Bertz CT molecular complexity index is 887. The lowest BCUT2D eigenvalue weighted by molar-refractivity contribution is 0.0668. The largest absolute Gasteiger partial charge is 0.337 e. The summed E-state index contributed by atoms with van der Waals surface area (Å²) in [6.45, 7) is 3.64. The Morgan fingerprint density at radius 3 is 3.04 bits per heavy atom. The number of hydrogen-bond acceptors (Lipinski definition) is 3. The Labute approximate surface area is 147 Å². The number of fused-ring (bicyclic) bond motifs is 1. The molecule has 0 aliphatic carbocycles. The van der Waals surface area contributed by atoms with Crippen LogP contribution in [0.2, 0.25) is 0 Å². The standard InChI is InChI=1S/C20H22N4O/c1-15-6-7-19-22-18(14-24(19)12-15)20(25)23-9-3-5-17(13-23)10-16-4-2-8-21-11-16/h2,4,6-8,11-12,14,17H,3,5,9-10,13H2,1H3/t17-/m1/s1. The van der Waals surface area contributed by atoms with E-state index in [4.69, 9.17) is 0 Å². The zero-order valence-electron chi connectivity index (χ0n) is 14.4. The molecule has 0 N–H and O–H groups in total. The highest BCUT2D eigenvalue weighted by molar-refractivity contribution is 5.93. The number of carbonyl (C=O) groups excluding carboxylic acids is 1. The highest BCUT2D eigenvalue weighted by Crippen LogP contribution is 2.22. The van der Waals surface area contributed by atoms with Crippen molar-refractivity contribution in [1.82, 2.24) is 19.3 Å². The quantitative estimate of drug-likeness (QED) is 0.739. The minimum Gasteiger partial charge on any atom is -0.337 e. The molecule has 1 aliphatic rings. The number of pyridine rings is 2. The maximum atomic E-state index is 12.9.